The van der Waals surface area contributed by atoms with E-state index in [-0.39, 0.29) is 11.5 Å². The van der Waals surface area contributed by atoms with E-state index in [1.54, 1.807) is 12.1 Å². The summed E-state index contributed by atoms with van der Waals surface area (Å²) < 4.78 is 0. The Labute approximate surface area is 122 Å². The smallest absolute Gasteiger partial charge is 0.327 e. The predicted molar refractivity (Wildman–Crippen MR) is 77.9 cm³/mol. The monoisotopic (exact) mass is 313 g/mol. The number of hydrogen-bond donors (Lipinski definition) is 3. The van der Waals surface area contributed by atoms with Crippen LogP contribution in [-0.2, 0) is 0 Å². The first-order chi connectivity index (χ1) is 9.51. The summed E-state index contributed by atoms with van der Waals surface area (Å²) in [5.41, 5.74) is -1.06. The maximum atomic E-state index is 11.7. The molecule has 0 unspecified atom stereocenters. The van der Waals surface area contributed by atoms with Crippen LogP contribution in [0.1, 0.15) is 0 Å². The molecule has 1 aromatic heterocycles. The maximum Gasteiger partial charge on any atom is 0.327 e. The summed E-state index contributed by atoms with van der Waals surface area (Å²) in [7, 11) is 1.54. The lowest BCUT2D eigenvalue weighted by molar-refractivity contribution is 1.02. The second-order valence-corrected chi connectivity index (χ2v) is 4.52. The first-order valence-electron chi connectivity index (χ1n) is 5.42. The molecule has 20 heavy (non-hydrogen) atoms. The van der Waals surface area contributed by atoms with Crippen molar-refractivity contribution >= 4 is 40.4 Å². The van der Waals surface area contributed by atoms with Gasteiger partial charge >= 0.3 is 5.69 Å². The van der Waals surface area contributed by atoms with Crippen molar-refractivity contribution in [2.45, 2.75) is 0 Å². The molecule has 2 aromatic rings. The van der Waals surface area contributed by atoms with Crippen LogP contribution >= 0.6 is 23.2 Å². The first kappa shape index (κ1) is 14.3. The highest BCUT2D eigenvalue weighted by Crippen LogP contribution is 2.29. The van der Waals surface area contributed by atoms with Gasteiger partial charge in [-0.25, -0.2) is 4.79 Å². The Bertz CT molecular complexity index is 781. The molecule has 0 saturated carbocycles. The van der Waals surface area contributed by atoms with Crippen molar-refractivity contribution < 1.29 is 0 Å². The van der Waals surface area contributed by atoms with E-state index in [0.29, 0.717) is 15.7 Å². The molecule has 7 nitrogen and oxygen atoms in total. The van der Waals surface area contributed by atoms with Crippen LogP contribution in [0, 0.1) is 0 Å². The summed E-state index contributed by atoms with van der Waals surface area (Å²) in [6.45, 7) is 0. The molecule has 1 aromatic carbocycles. The molecular weight excluding hydrogens is 305 g/mol. The van der Waals surface area contributed by atoms with Gasteiger partial charge in [-0.2, -0.15) is 0 Å². The van der Waals surface area contributed by atoms with E-state index < -0.39 is 11.2 Å². The summed E-state index contributed by atoms with van der Waals surface area (Å²) in [6.07, 6.45) is 0. The molecule has 0 saturated heterocycles. The molecule has 3 N–H and O–H groups in total. The summed E-state index contributed by atoms with van der Waals surface area (Å²) in [6, 6.07) is 4.68. The summed E-state index contributed by atoms with van der Waals surface area (Å²) >= 11 is 11.8. The van der Waals surface area contributed by atoms with E-state index in [1.165, 1.54) is 13.1 Å². The normalized spacial score (nSPS) is 10.9. The predicted octanol–water partition coefficient (Wildman–Crippen LogP) is 2.83. The molecule has 2 rings (SSSR count). The largest absolute Gasteiger partial charge is 0.373 e. The summed E-state index contributed by atoms with van der Waals surface area (Å²) in [5.74, 6) is 0.153. The highest BCUT2D eigenvalue weighted by molar-refractivity contribution is 6.35. The lowest BCUT2D eigenvalue weighted by Crippen LogP contribution is -2.23. The van der Waals surface area contributed by atoms with E-state index in [9.17, 15) is 9.59 Å². The van der Waals surface area contributed by atoms with Crippen molar-refractivity contribution in [1.82, 2.24) is 9.97 Å². The molecule has 0 radical (unpaired) electrons. The number of halogens is 2. The van der Waals surface area contributed by atoms with Crippen LogP contribution in [-0.4, -0.2) is 17.0 Å². The number of aromatic amines is 2. The van der Waals surface area contributed by atoms with Crippen LogP contribution in [0.15, 0.2) is 38.0 Å². The standard InChI is InChI=1S/C11H9Cl2N5O2/c1-14-9-8(10(19)16-11(20)15-9)18-17-7-4-5(12)2-3-6(7)13/h2-4H,1H3,(H3,14,15,16,19,20). The van der Waals surface area contributed by atoms with Gasteiger partial charge in [0.2, 0.25) is 0 Å². The highest BCUT2D eigenvalue weighted by Gasteiger charge is 2.08. The van der Waals surface area contributed by atoms with E-state index in [4.69, 9.17) is 23.2 Å². The zero-order valence-electron chi connectivity index (χ0n) is 10.2. The van der Waals surface area contributed by atoms with Crippen molar-refractivity contribution in [3.05, 3.63) is 49.1 Å². The SMILES string of the molecule is CNc1[nH]c(=O)[nH]c(=O)c1N=Nc1cc(Cl)ccc1Cl. The summed E-state index contributed by atoms with van der Waals surface area (Å²) in [5, 5.41) is 11.1. The minimum atomic E-state index is -0.667. The van der Waals surface area contributed by atoms with Gasteiger partial charge in [0.05, 0.1) is 5.02 Å². The molecule has 0 amide bonds. The number of rotatable bonds is 3. The van der Waals surface area contributed by atoms with Gasteiger partial charge < -0.3 is 5.32 Å². The fourth-order valence-corrected chi connectivity index (χ4v) is 1.74. The molecule has 9 heteroatoms. The number of anilines is 1. The third kappa shape index (κ3) is 3.06. The fraction of sp³-hybridized carbons (Fsp3) is 0.0909. The third-order valence-electron chi connectivity index (χ3n) is 2.33. The number of H-pyrrole nitrogens is 2. The minimum absolute atomic E-state index is 0.0665. The zero-order valence-corrected chi connectivity index (χ0v) is 11.7. The van der Waals surface area contributed by atoms with Crippen molar-refractivity contribution in [2.24, 2.45) is 10.2 Å². The molecule has 0 aliphatic heterocycles. The Kier molecular flexibility index (Phi) is 4.21. The van der Waals surface area contributed by atoms with Crippen LogP contribution in [0.25, 0.3) is 0 Å². The molecule has 0 bridgehead atoms. The molecule has 0 atom stereocenters. The second kappa shape index (κ2) is 5.89. The van der Waals surface area contributed by atoms with Crippen LogP contribution in [0.5, 0.6) is 0 Å². The lowest BCUT2D eigenvalue weighted by Gasteiger charge is -2.02. The average molecular weight is 314 g/mol. The number of aromatic nitrogens is 2. The van der Waals surface area contributed by atoms with Gasteiger partial charge in [-0.3, -0.25) is 14.8 Å². The van der Waals surface area contributed by atoms with Gasteiger partial charge in [-0.15, -0.1) is 10.2 Å². The molecule has 0 aliphatic carbocycles. The van der Waals surface area contributed by atoms with E-state index in [0.717, 1.165) is 0 Å². The molecule has 0 fully saturated rings. The van der Waals surface area contributed by atoms with E-state index in [1.807, 2.05) is 0 Å². The van der Waals surface area contributed by atoms with Crippen LogP contribution in [0.3, 0.4) is 0 Å². The Morgan fingerprint density at radius 2 is 1.90 bits per heavy atom. The lowest BCUT2D eigenvalue weighted by atomic mass is 10.3. The Balaban J connectivity index is 2.49. The van der Waals surface area contributed by atoms with E-state index in [2.05, 4.69) is 25.5 Å². The van der Waals surface area contributed by atoms with Crippen LogP contribution in [0.2, 0.25) is 10.0 Å². The Morgan fingerprint density at radius 3 is 2.60 bits per heavy atom. The topological polar surface area (TPSA) is 102 Å². The second-order valence-electron chi connectivity index (χ2n) is 3.68. The Hall–Kier alpha value is -2.12. The maximum absolute atomic E-state index is 11.7. The molecule has 0 aliphatic rings. The van der Waals surface area contributed by atoms with Crippen LogP contribution < -0.4 is 16.6 Å². The Morgan fingerprint density at radius 1 is 1.15 bits per heavy atom. The number of nitrogens with one attached hydrogen (secondary N) is 3. The van der Waals surface area contributed by atoms with Crippen molar-refractivity contribution in [3.63, 3.8) is 0 Å². The van der Waals surface area contributed by atoms with Gasteiger partial charge in [0.15, 0.2) is 5.69 Å². The molecule has 0 spiro atoms. The highest BCUT2D eigenvalue weighted by atomic mass is 35.5. The van der Waals surface area contributed by atoms with Crippen molar-refractivity contribution in [3.8, 4) is 0 Å². The molecule has 1 heterocycles. The van der Waals surface area contributed by atoms with Crippen molar-refractivity contribution in [1.29, 1.82) is 0 Å². The van der Waals surface area contributed by atoms with Gasteiger partial charge in [-0.05, 0) is 18.2 Å². The zero-order chi connectivity index (χ0) is 14.7. The minimum Gasteiger partial charge on any atom is -0.373 e. The van der Waals surface area contributed by atoms with Gasteiger partial charge in [0.25, 0.3) is 5.56 Å². The van der Waals surface area contributed by atoms with Crippen LogP contribution in [0.4, 0.5) is 17.2 Å². The quantitative estimate of drug-likeness (QED) is 0.759. The summed E-state index contributed by atoms with van der Waals surface area (Å²) in [4.78, 5) is 27.2. The molecular formula is C11H9Cl2N5O2. The van der Waals surface area contributed by atoms with Gasteiger partial charge in [0.1, 0.15) is 11.5 Å². The number of nitrogens with zero attached hydrogens (tertiary/aromatic N) is 2. The third-order valence-corrected chi connectivity index (χ3v) is 2.89. The number of azo groups is 1. The first-order valence-corrected chi connectivity index (χ1v) is 6.18. The van der Waals surface area contributed by atoms with Gasteiger partial charge in [-0.1, -0.05) is 23.2 Å². The fourth-order valence-electron chi connectivity index (χ4n) is 1.42. The molecule has 104 valence electrons. The number of benzene rings is 1. The van der Waals surface area contributed by atoms with Crippen molar-refractivity contribution in [2.75, 3.05) is 12.4 Å². The number of hydrogen-bond acceptors (Lipinski definition) is 5. The van der Waals surface area contributed by atoms with Gasteiger partial charge in [0, 0.05) is 12.1 Å². The van der Waals surface area contributed by atoms with E-state index >= 15 is 0 Å². The average Bonchev–Trinajstić information content (AvgIpc) is 2.40.